The number of anilines is 1. The van der Waals surface area contributed by atoms with Crippen LogP contribution >= 0.6 is 0 Å². The van der Waals surface area contributed by atoms with Gasteiger partial charge in [-0.1, -0.05) is 66.7 Å². The van der Waals surface area contributed by atoms with E-state index in [1.165, 1.54) is 5.69 Å². The minimum Gasteiger partial charge on any atom is -0.384 e. The lowest BCUT2D eigenvalue weighted by Crippen LogP contribution is -2.51. The summed E-state index contributed by atoms with van der Waals surface area (Å²) in [5, 5.41) is 16.7. The minimum absolute atomic E-state index is 0.00245. The molecular weight excluding hydrogens is 516 g/mol. The molecule has 1 saturated heterocycles. The number of nitrogens with zero attached hydrogens (tertiary/aromatic N) is 1. The molecule has 1 aliphatic heterocycles. The molecule has 2 amide bonds. The molecule has 0 saturated carbocycles. The molecule has 0 aliphatic carbocycles. The maximum Gasteiger partial charge on any atom is 0.242 e. The number of benzene rings is 3. The van der Waals surface area contributed by atoms with Gasteiger partial charge in [0, 0.05) is 37.4 Å². The van der Waals surface area contributed by atoms with E-state index in [2.05, 4.69) is 57.2 Å². The van der Waals surface area contributed by atoms with Crippen molar-refractivity contribution in [2.24, 2.45) is 5.73 Å². The molecule has 1 fully saturated rings. The van der Waals surface area contributed by atoms with E-state index in [0.29, 0.717) is 25.1 Å². The molecule has 3 aromatic rings. The number of nitrogens with two attached hydrogens (primary N) is 1. The summed E-state index contributed by atoms with van der Waals surface area (Å²) in [5.74, 6) is -0.480. The number of nitrogen functional groups attached to an aromatic ring is 1. The molecule has 9 nitrogen and oxygen atoms in total. The molecule has 0 spiro atoms. The minimum atomic E-state index is -0.701. The Morgan fingerprint density at radius 1 is 0.878 bits per heavy atom. The Morgan fingerprint density at radius 2 is 1.51 bits per heavy atom. The first-order valence-electron chi connectivity index (χ1n) is 14.1. The van der Waals surface area contributed by atoms with Gasteiger partial charge in [-0.15, -0.1) is 0 Å². The van der Waals surface area contributed by atoms with E-state index >= 15 is 0 Å². The monoisotopic (exact) mass is 556 g/mol. The molecule has 6 N–H and O–H groups in total. The second-order valence-corrected chi connectivity index (χ2v) is 10.3. The van der Waals surface area contributed by atoms with Crippen LogP contribution in [0.15, 0.2) is 78.9 Å². The summed E-state index contributed by atoms with van der Waals surface area (Å²) in [6, 6.07) is 24.4. The lowest BCUT2D eigenvalue weighted by molar-refractivity contribution is -0.129. The van der Waals surface area contributed by atoms with Crippen LogP contribution in [0.25, 0.3) is 0 Å². The van der Waals surface area contributed by atoms with Crippen LogP contribution in [0.1, 0.15) is 35.6 Å². The molecule has 0 aromatic heterocycles. The van der Waals surface area contributed by atoms with E-state index in [1.54, 1.807) is 19.1 Å². The van der Waals surface area contributed by atoms with E-state index < -0.39 is 12.1 Å². The van der Waals surface area contributed by atoms with Gasteiger partial charge in [0.2, 0.25) is 11.8 Å². The van der Waals surface area contributed by atoms with Crippen molar-refractivity contribution < 1.29 is 14.3 Å². The SMILES string of the molecule is C[C@H](NC(=O)[C@@H](CCc1ccccc1)NCc1ccc(N2CCOCC2)cc1)C(=O)NCc1ccc(C(=N)N)cc1. The normalized spacial score (nSPS) is 14.6. The average molecular weight is 557 g/mol. The van der Waals surface area contributed by atoms with Crippen LogP contribution in [-0.2, 0) is 33.8 Å². The van der Waals surface area contributed by atoms with Crippen molar-refractivity contribution in [3.8, 4) is 0 Å². The molecule has 0 unspecified atom stereocenters. The summed E-state index contributed by atoms with van der Waals surface area (Å²) in [6.07, 6.45) is 1.33. The highest BCUT2D eigenvalue weighted by Crippen LogP contribution is 2.17. The summed E-state index contributed by atoms with van der Waals surface area (Å²) >= 11 is 0. The Balaban J connectivity index is 1.32. The topological polar surface area (TPSA) is 133 Å². The first-order valence-corrected chi connectivity index (χ1v) is 14.1. The predicted molar refractivity (Wildman–Crippen MR) is 162 cm³/mol. The molecule has 216 valence electrons. The van der Waals surface area contributed by atoms with Crippen molar-refractivity contribution >= 4 is 23.3 Å². The van der Waals surface area contributed by atoms with Gasteiger partial charge in [0.25, 0.3) is 0 Å². The molecule has 9 heteroatoms. The Kier molecular flexibility index (Phi) is 10.9. The number of ether oxygens (including phenoxy) is 1. The van der Waals surface area contributed by atoms with Crippen LogP contribution in [0.2, 0.25) is 0 Å². The summed E-state index contributed by atoms with van der Waals surface area (Å²) < 4.78 is 5.45. The van der Waals surface area contributed by atoms with Crippen LogP contribution in [0.4, 0.5) is 5.69 Å². The first kappa shape index (κ1) is 29.8. The number of aryl methyl sites for hydroxylation is 1. The van der Waals surface area contributed by atoms with Crippen LogP contribution in [-0.4, -0.2) is 56.0 Å². The molecule has 0 bridgehead atoms. The number of morpholine rings is 1. The molecule has 0 radical (unpaired) electrons. The van der Waals surface area contributed by atoms with Gasteiger partial charge in [0.1, 0.15) is 11.9 Å². The van der Waals surface area contributed by atoms with Crippen molar-refractivity contribution in [2.75, 3.05) is 31.2 Å². The molecular formula is C32H40N6O3. The number of amidine groups is 1. The number of carbonyl (C=O) groups is 2. The van der Waals surface area contributed by atoms with Gasteiger partial charge in [-0.25, -0.2) is 0 Å². The molecule has 3 aromatic carbocycles. The number of rotatable bonds is 13. The Labute approximate surface area is 242 Å². The van der Waals surface area contributed by atoms with Gasteiger partial charge >= 0.3 is 0 Å². The van der Waals surface area contributed by atoms with E-state index in [9.17, 15) is 9.59 Å². The third kappa shape index (κ3) is 9.16. The number of hydrogen-bond acceptors (Lipinski definition) is 6. The van der Waals surface area contributed by atoms with E-state index in [-0.39, 0.29) is 17.6 Å². The number of carbonyl (C=O) groups excluding carboxylic acids is 2. The zero-order chi connectivity index (χ0) is 29.0. The van der Waals surface area contributed by atoms with Crippen molar-refractivity contribution in [3.05, 3.63) is 101 Å². The predicted octanol–water partition coefficient (Wildman–Crippen LogP) is 2.72. The smallest absolute Gasteiger partial charge is 0.242 e. The highest BCUT2D eigenvalue weighted by molar-refractivity contribution is 5.95. The van der Waals surface area contributed by atoms with Gasteiger partial charge < -0.3 is 31.3 Å². The molecule has 4 rings (SSSR count). The third-order valence-electron chi connectivity index (χ3n) is 7.23. The summed E-state index contributed by atoms with van der Waals surface area (Å²) in [5.41, 5.74) is 10.4. The van der Waals surface area contributed by atoms with Gasteiger partial charge in [-0.05, 0) is 48.6 Å². The standard InChI is InChI=1S/C32H40N6O3/c1-23(31(39)36-22-25-7-12-27(13-8-25)30(33)34)37-32(40)29(16-11-24-5-3-2-4-6-24)35-21-26-9-14-28(15-10-26)38-17-19-41-20-18-38/h2-10,12-15,23,29,35H,11,16-22H2,1H3,(H3,33,34)(H,36,39)(H,37,40)/t23-,29+/m0/s1. The van der Waals surface area contributed by atoms with Crippen molar-refractivity contribution in [1.82, 2.24) is 16.0 Å². The fraction of sp³-hybridized carbons (Fsp3) is 0.344. The molecule has 1 heterocycles. The van der Waals surface area contributed by atoms with Crippen LogP contribution < -0.4 is 26.6 Å². The second-order valence-electron chi connectivity index (χ2n) is 10.3. The Hall–Kier alpha value is -4.21. The summed E-state index contributed by atoms with van der Waals surface area (Å²) in [6.45, 7) is 5.79. The van der Waals surface area contributed by atoms with Gasteiger partial charge in [-0.2, -0.15) is 0 Å². The van der Waals surface area contributed by atoms with Crippen molar-refractivity contribution in [1.29, 1.82) is 5.41 Å². The van der Waals surface area contributed by atoms with Crippen LogP contribution in [0, 0.1) is 5.41 Å². The van der Waals surface area contributed by atoms with Gasteiger partial charge in [0.15, 0.2) is 0 Å². The van der Waals surface area contributed by atoms with E-state index in [0.717, 1.165) is 49.4 Å². The quantitative estimate of drug-likeness (QED) is 0.162. The maximum atomic E-state index is 13.3. The molecule has 1 aliphatic rings. The fourth-order valence-corrected chi connectivity index (χ4v) is 4.69. The largest absolute Gasteiger partial charge is 0.384 e. The third-order valence-corrected chi connectivity index (χ3v) is 7.23. The van der Waals surface area contributed by atoms with E-state index in [1.807, 2.05) is 30.3 Å². The highest BCUT2D eigenvalue weighted by Gasteiger charge is 2.23. The zero-order valence-corrected chi connectivity index (χ0v) is 23.6. The Morgan fingerprint density at radius 3 is 2.17 bits per heavy atom. The lowest BCUT2D eigenvalue weighted by atomic mass is 10.0. The molecule has 41 heavy (non-hydrogen) atoms. The highest BCUT2D eigenvalue weighted by atomic mass is 16.5. The summed E-state index contributed by atoms with van der Waals surface area (Å²) in [7, 11) is 0. The second kappa shape index (κ2) is 15.0. The van der Waals surface area contributed by atoms with Crippen molar-refractivity contribution in [2.45, 2.75) is 44.9 Å². The zero-order valence-electron chi connectivity index (χ0n) is 23.6. The number of amides is 2. The fourth-order valence-electron chi connectivity index (χ4n) is 4.69. The van der Waals surface area contributed by atoms with Crippen molar-refractivity contribution in [3.63, 3.8) is 0 Å². The molecule has 2 atom stereocenters. The van der Waals surface area contributed by atoms with Gasteiger partial charge in [-0.3, -0.25) is 15.0 Å². The lowest BCUT2D eigenvalue weighted by Gasteiger charge is -2.29. The first-order chi connectivity index (χ1) is 19.9. The van der Waals surface area contributed by atoms with E-state index in [4.69, 9.17) is 15.9 Å². The van der Waals surface area contributed by atoms with Gasteiger partial charge in [0.05, 0.1) is 19.3 Å². The Bertz CT molecular complexity index is 1280. The van der Waals surface area contributed by atoms with Crippen LogP contribution in [0.3, 0.4) is 0 Å². The maximum absolute atomic E-state index is 13.3. The van der Waals surface area contributed by atoms with Crippen LogP contribution in [0.5, 0.6) is 0 Å². The number of hydrogen-bond donors (Lipinski definition) is 5. The summed E-state index contributed by atoms with van der Waals surface area (Å²) in [4.78, 5) is 28.4. The average Bonchev–Trinajstić information content (AvgIpc) is 3.01. The number of nitrogens with one attached hydrogen (secondary N) is 4.